The number of carbonyl (C=O) groups is 1. The van der Waals surface area contributed by atoms with Crippen molar-refractivity contribution in [3.8, 4) is 0 Å². The Morgan fingerprint density at radius 2 is 1.67 bits per heavy atom. The first-order chi connectivity index (χ1) is 11.8. The molecule has 1 aliphatic heterocycles. The van der Waals surface area contributed by atoms with Crippen LogP contribution in [-0.2, 0) is 0 Å². The molecule has 2 aromatic carbocycles. The molecule has 3 heteroatoms. The fourth-order valence-corrected chi connectivity index (χ4v) is 4.05. The van der Waals surface area contributed by atoms with E-state index in [9.17, 15) is 4.79 Å². The van der Waals surface area contributed by atoms with Crippen LogP contribution in [0.1, 0.15) is 43.0 Å². The number of rotatable bonds is 4. The summed E-state index contributed by atoms with van der Waals surface area (Å²) in [6.45, 7) is 5.58. The van der Waals surface area contributed by atoms with E-state index in [0.717, 1.165) is 48.8 Å². The maximum absolute atomic E-state index is 13.4. The van der Waals surface area contributed by atoms with E-state index in [-0.39, 0.29) is 5.91 Å². The maximum atomic E-state index is 13.4. The van der Waals surface area contributed by atoms with Gasteiger partial charge in [-0.05, 0) is 49.1 Å². The molecule has 1 saturated heterocycles. The molecule has 24 heavy (non-hydrogen) atoms. The molecule has 2 fully saturated rings. The van der Waals surface area contributed by atoms with Crippen molar-refractivity contribution in [3.63, 3.8) is 0 Å². The number of likely N-dealkylation sites (tertiary alicyclic amines) is 1. The van der Waals surface area contributed by atoms with Gasteiger partial charge in [0.2, 0.25) is 0 Å². The van der Waals surface area contributed by atoms with Crippen LogP contribution in [-0.4, -0.2) is 47.4 Å². The molecule has 0 unspecified atom stereocenters. The summed E-state index contributed by atoms with van der Waals surface area (Å²) in [5.41, 5.74) is 0.873. The van der Waals surface area contributed by atoms with Crippen LogP contribution in [0.25, 0.3) is 10.8 Å². The largest absolute Gasteiger partial charge is 0.333 e. The summed E-state index contributed by atoms with van der Waals surface area (Å²) in [7, 11) is 0. The van der Waals surface area contributed by atoms with Crippen LogP contribution < -0.4 is 0 Å². The molecule has 0 spiro atoms. The fourth-order valence-electron chi connectivity index (χ4n) is 4.05. The summed E-state index contributed by atoms with van der Waals surface area (Å²) in [5.74, 6) is 0.240. The van der Waals surface area contributed by atoms with Crippen molar-refractivity contribution >= 4 is 16.7 Å². The summed E-state index contributed by atoms with van der Waals surface area (Å²) in [5, 5.41) is 2.24. The van der Waals surface area contributed by atoms with Crippen molar-refractivity contribution < 1.29 is 4.79 Å². The summed E-state index contributed by atoms with van der Waals surface area (Å²) in [4.78, 5) is 18.1. The molecular weight excluding hydrogens is 296 g/mol. The molecule has 0 radical (unpaired) electrons. The first-order valence-electron chi connectivity index (χ1n) is 9.30. The second kappa shape index (κ2) is 6.56. The van der Waals surface area contributed by atoms with Gasteiger partial charge in [-0.15, -0.1) is 0 Å². The standard InChI is InChI=1S/C21H26N2O/c1-2-22-14-12-18(13-15-22)23(17-10-11-17)21(24)20-9-5-7-16-6-3-4-8-19(16)20/h3-9,17-18H,2,10-15H2,1H3. The van der Waals surface area contributed by atoms with Gasteiger partial charge in [-0.2, -0.15) is 0 Å². The molecule has 0 bridgehead atoms. The molecule has 0 atom stereocenters. The van der Waals surface area contributed by atoms with Gasteiger partial charge in [0.1, 0.15) is 0 Å². The molecule has 1 saturated carbocycles. The molecule has 126 valence electrons. The van der Waals surface area contributed by atoms with E-state index >= 15 is 0 Å². The molecule has 0 N–H and O–H groups in total. The van der Waals surface area contributed by atoms with Gasteiger partial charge >= 0.3 is 0 Å². The summed E-state index contributed by atoms with van der Waals surface area (Å²) < 4.78 is 0. The lowest BCUT2D eigenvalue weighted by molar-refractivity contribution is 0.0556. The van der Waals surface area contributed by atoms with Crippen LogP contribution in [0, 0.1) is 0 Å². The minimum atomic E-state index is 0.240. The predicted octanol–water partition coefficient (Wildman–Crippen LogP) is 3.93. The van der Waals surface area contributed by atoms with Crippen molar-refractivity contribution in [2.45, 2.75) is 44.7 Å². The number of benzene rings is 2. The number of piperidine rings is 1. The van der Waals surface area contributed by atoms with Gasteiger partial charge in [-0.3, -0.25) is 4.79 Å². The van der Waals surface area contributed by atoms with Gasteiger partial charge in [0.25, 0.3) is 5.91 Å². The van der Waals surface area contributed by atoms with Crippen LogP contribution in [0.4, 0.5) is 0 Å². The quantitative estimate of drug-likeness (QED) is 0.851. The molecule has 4 rings (SSSR count). The van der Waals surface area contributed by atoms with Crippen LogP contribution in [0.3, 0.4) is 0 Å². The average Bonchev–Trinajstić information content (AvgIpc) is 3.47. The zero-order valence-corrected chi connectivity index (χ0v) is 14.4. The number of fused-ring (bicyclic) bond motifs is 1. The number of hydrogen-bond acceptors (Lipinski definition) is 2. The summed E-state index contributed by atoms with van der Waals surface area (Å²) in [6, 6.07) is 15.2. The first-order valence-corrected chi connectivity index (χ1v) is 9.30. The topological polar surface area (TPSA) is 23.6 Å². The second-order valence-corrected chi connectivity index (χ2v) is 7.14. The Bertz CT molecular complexity index is 724. The second-order valence-electron chi connectivity index (χ2n) is 7.14. The van der Waals surface area contributed by atoms with E-state index in [1.54, 1.807) is 0 Å². The third kappa shape index (κ3) is 2.93. The Morgan fingerprint density at radius 1 is 1.00 bits per heavy atom. The van der Waals surface area contributed by atoms with Gasteiger partial charge in [0.05, 0.1) is 0 Å². The van der Waals surface area contributed by atoms with Crippen LogP contribution in [0.5, 0.6) is 0 Å². The van der Waals surface area contributed by atoms with Gasteiger partial charge < -0.3 is 9.80 Å². The van der Waals surface area contributed by atoms with Crippen LogP contribution in [0.15, 0.2) is 42.5 Å². The number of hydrogen-bond donors (Lipinski definition) is 0. The zero-order chi connectivity index (χ0) is 16.5. The molecule has 1 aliphatic carbocycles. The Hall–Kier alpha value is -1.87. The van der Waals surface area contributed by atoms with E-state index < -0.39 is 0 Å². The van der Waals surface area contributed by atoms with E-state index in [2.05, 4.69) is 34.9 Å². The Balaban J connectivity index is 1.63. The lowest BCUT2D eigenvalue weighted by atomic mass is 9.99. The van der Waals surface area contributed by atoms with Crippen molar-refractivity contribution in [1.29, 1.82) is 0 Å². The molecule has 1 amide bonds. The predicted molar refractivity (Wildman–Crippen MR) is 98.3 cm³/mol. The highest BCUT2D eigenvalue weighted by molar-refractivity contribution is 6.07. The van der Waals surface area contributed by atoms with E-state index in [1.165, 1.54) is 12.8 Å². The summed E-state index contributed by atoms with van der Waals surface area (Å²) >= 11 is 0. The number of nitrogens with zero attached hydrogens (tertiary/aromatic N) is 2. The third-order valence-electron chi connectivity index (χ3n) is 5.59. The molecule has 2 aromatic rings. The van der Waals surface area contributed by atoms with E-state index in [0.29, 0.717) is 12.1 Å². The van der Waals surface area contributed by atoms with Gasteiger partial charge in [-0.1, -0.05) is 43.3 Å². The highest BCUT2D eigenvalue weighted by Gasteiger charge is 2.39. The smallest absolute Gasteiger partial charge is 0.254 e. The van der Waals surface area contributed by atoms with Crippen molar-refractivity contribution in [2.24, 2.45) is 0 Å². The number of carbonyl (C=O) groups excluding carboxylic acids is 1. The molecule has 1 heterocycles. The molecule has 3 nitrogen and oxygen atoms in total. The van der Waals surface area contributed by atoms with Crippen molar-refractivity contribution in [2.75, 3.05) is 19.6 Å². The van der Waals surface area contributed by atoms with E-state index in [4.69, 9.17) is 0 Å². The maximum Gasteiger partial charge on any atom is 0.254 e. The Morgan fingerprint density at radius 3 is 2.38 bits per heavy atom. The Labute approximate surface area is 144 Å². The van der Waals surface area contributed by atoms with Crippen molar-refractivity contribution in [3.05, 3.63) is 48.0 Å². The highest BCUT2D eigenvalue weighted by atomic mass is 16.2. The van der Waals surface area contributed by atoms with Crippen LogP contribution >= 0.6 is 0 Å². The molecule has 0 aromatic heterocycles. The number of amides is 1. The van der Waals surface area contributed by atoms with Crippen molar-refractivity contribution in [1.82, 2.24) is 9.80 Å². The minimum Gasteiger partial charge on any atom is -0.333 e. The normalized spacial score (nSPS) is 19.5. The van der Waals surface area contributed by atoms with Gasteiger partial charge in [0, 0.05) is 30.7 Å². The lowest BCUT2D eigenvalue weighted by Crippen LogP contribution is -2.48. The zero-order valence-electron chi connectivity index (χ0n) is 14.4. The summed E-state index contributed by atoms with van der Waals surface area (Å²) in [6.07, 6.45) is 4.57. The fraction of sp³-hybridized carbons (Fsp3) is 0.476. The van der Waals surface area contributed by atoms with Crippen LogP contribution in [0.2, 0.25) is 0 Å². The van der Waals surface area contributed by atoms with E-state index in [1.807, 2.05) is 24.3 Å². The Kier molecular flexibility index (Phi) is 4.28. The lowest BCUT2D eigenvalue weighted by Gasteiger charge is -2.38. The SMILES string of the molecule is CCN1CCC(N(C(=O)c2cccc3ccccc23)C2CC2)CC1. The monoisotopic (exact) mass is 322 g/mol. The average molecular weight is 322 g/mol. The first kappa shape index (κ1) is 15.6. The third-order valence-corrected chi connectivity index (χ3v) is 5.59. The van der Waals surface area contributed by atoms with Gasteiger partial charge in [-0.25, -0.2) is 0 Å². The highest BCUT2D eigenvalue weighted by Crippen LogP contribution is 2.34. The minimum absolute atomic E-state index is 0.240. The molecular formula is C21H26N2O. The molecule has 2 aliphatic rings. The van der Waals surface area contributed by atoms with Gasteiger partial charge in [0.15, 0.2) is 0 Å².